The van der Waals surface area contributed by atoms with Crippen LogP contribution in [0.5, 0.6) is 5.75 Å². The first kappa shape index (κ1) is 15.8. The molecule has 1 heterocycles. The van der Waals surface area contributed by atoms with Crippen LogP contribution in [0.3, 0.4) is 0 Å². The van der Waals surface area contributed by atoms with E-state index < -0.39 is 0 Å². The molecular formula is C16H15BrN4OS. The van der Waals surface area contributed by atoms with E-state index in [0.717, 1.165) is 27.2 Å². The average molecular weight is 391 g/mol. The van der Waals surface area contributed by atoms with Crippen LogP contribution >= 0.6 is 28.1 Å². The van der Waals surface area contributed by atoms with Crippen LogP contribution in [0.4, 0.5) is 0 Å². The summed E-state index contributed by atoms with van der Waals surface area (Å²) in [6.45, 7) is 0.552. The number of nitrogens with zero attached hydrogens (tertiary/aromatic N) is 2. The second-order valence-corrected chi connectivity index (χ2v) is 6.15. The van der Waals surface area contributed by atoms with Gasteiger partial charge in [-0.05, 0) is 30.4 Å². The molecule has 2 N–H and O–H groups in total. The summed E-state index contributed by atoms with van der Waals surface area (Å²) in [5.74, 6) is 1.56. The number of rotatable bonds is 5. The Balaban J connectivity index is 1.89. The average Bonchev–Trinajstić information content (AvgIpc) is 2.94. The van der Waals surface area contributed by atoms with Crippen molar-refractivity contribution in [2.24, 2.45) is 0 Å². The number of methoxy groups -OCH3 is 1. The van der Waals surface area contributed by atoms with E-state index in [4.69, 9.17) is 17.0 Å². The second kappa shape index (κ2) is 6.97. The van der Waals surface area contributed by atoms with Crippen molar-refractivity contribution in [1.29, 1.82) is 0 Å². The molecule has 3 rings (SSSR count). The first-order chi connectivity index (χ1) is 11.2. The van der Waals surface area contributed by atoms with E-state index >= 15 is 0 Å². The maximum absolute atomic E-state index is 5.40. The molecule has 3 aromatic rings. The lowest BCUT2D eigenvalue weighted by molar-refractivity contribution is 0.409. The number of H-pyrrole nitrogens is 1. The van der Waals surface area contributed by atoms with Gasteiger partial charge in [0.15, 0.2) is 5.82 Å². The number of hydrogen-bond donors (Lipinski definition) is 2. The van der Waals surface area contributed by atoms with Crippen LogP contribution in [0.2, 0.25) is 0 Å². The van der Waals surface area contributed by atoms with Gasteiger partial charge in [0.1, 0.15) is 5.75 Å². The lowest BCUT2D eigenvalue weighted by Crippen LogP contribution is -2.16. The SMILES string of the molecule is COc1ccc(Br)cc1CNn1c(-c2ccccc2)n[nH]c1=S. The van der Waals surface area contributed by atoms with Gasteiger partial charge in [-0.3, -0.25) is 0 Å². The fraction of sp³-hybridized carbons (Fsp3) is 0.125. The zero-order valence-corrected chi connectivity index (χ0v) is 14.8. The Hall–Kier alpha value is -2.12. The lowest BCUT2D eigenvalue weighted by atomic mass is 10.2. The summed E-state index contributed by atoms with van der Waals surface area (Å²) in [5, 5.41) is 7.13. The van der Waals surface area contributed by atoms with Crippen LogP contribution < -0.4 is 10.2 Å². The number of aromatic amines is 1. The van der Waals surface area contributed by atoms with Gasteiger partial charge >= 0.3 is 0 Å². The summed E-state index contributed by atoms with van der Waals surface area (Å²) in [6.07, 6.45) is 0. The van der Waals surface area contributed by atoms with Crippen molar-refractivity contribution < 1.29 is 4.74 Å². The Morgan fingerprint density at radius 2 is 2.04 bits per heavy atom. The summed E-state index contributed by atoms with van der Waals surface area (Å²) in [5.41, 5.74) is 5.29. The van der Waals surface area contributed by atoms with Crippen LogP contribution in [0.1, 0.15) is 5.56 Å². The van der Waals surface area contributed by atoms with Crippen molar-refractivity contribution >= 4 is 28.1 Å². The minimum atomic E-state index is 0.512. The first-order valence-corrected chi connectivity index (χ1v) is 8.18. The molecule has 0 spiro atoms. The number of halogens is 1. The fourth-order valence-electron chi connectivity index (χ4n) is 2.27. The third-order valence-corrected chi connectivity index (χ3v) is 4.14. The van der Waals surface area contributed by atoms with Gasteiger partial charge in [0, 0.05) is 15.6 Å². The summed E-state index contributed by atoms with van der Waals surface area (Å²) < 4.78 is 8.67. The molecular weight excluding hydrogens is 376 g/mol. The van der Waals surface area contributed by atoms with Crippen LogP contribution in [0, 0.1) is 4.77 Å². The molecule has 0 aliphatic rings. The van der Waals surface area contributed by atoms with E-state index in [1.807, 2.05) is 48.5 Å². The van der Waals surface area contributed by atoms with Crippen molar-refractivity contribution in [3.8, 4) is 17.1 Å². The standard InChI is InChI=1S/C16H15BrN4OS/c1-22-14-8-7-13(17)9-12(14)10-18-21-15(19-20-16(21)23)11-5-3-2-4-6-11/h2-9,18H,10H2,1H3,(H,20,23). The highest BCUT2D eigenvalue weighted by atomic mass is 79.9. The Labute approximate surface area is 147 Å². The summed E-state index contributed by atoms with van der Waals surface area (Å²) in [4.78, 5) is 0. The Morgan fingerprint density at radius 3 is 2.78 bits per heavy atom. The number of aromatic nitrogens is 3. The lowest BCUT2D eigenvalue weighted by Gasteiger charge is -2.13. The van der Waals surface area contributed by atoms with Crippen LogP contribution in [0.25, 0.3) is 11.4 Å². The van der Waals surface area contributed by atoms with Gasteiger partial charge < -0.3 is 10.2 Å². The molecule has 7 heteroatoms. The highest BCUT2D eigenvalue weighted by Gasteiger charge is 2.10. The maximum atomic E-state index is 5.40. The fourth-order valence-corrected chi connectivity index (χ4v) is 2.88. The van der Waals surface area contributed by atoms with Crippen LogP contribution in [-0.2, 0) is 6.54 Å². The van der Waals surface area contributed by atoms with Gasteiger partial charge in [0.25, 0.3) is 0 Å². The Morgan fingerprint density at radius 1 is 1.26 bits per heavy atom. The predicted molar refractivity (Wildman–Crippen MR) is 96.6 cm³/mol. The normalized spacial score (nSPS) is 10.5. The van der Waals surface area contributed by atoms with Gasteiger partial charge in [-0.25, -0.2) is 9.77 Å². The molecule has 0 bridgehead atoms. The molecule has 0 fully saturated rings. The molecule has 0 atom stereocenters. The van der Waals surface area contributed by atoms with Gasteiger partial charge in [0.2, 0.25) is 4.77 Å². The van der Waals surface area contributed by atoms with Gasteiger partial charge in [-0.1, -0.05) is 46.3 Å². The minimum absolute atomic E-state index is 0.512. The number of nitrogens with one attached hydrogen (secondary N) is 2. The molecule has 1 aromatic heterocycles. The maximum Gasteiger partial charge on any atom is 0.214 e. The second-order valence-electron chi connectivity index (χ2n) is 4.84. The van der Waals surface area contributed by atoms with Crippen LogP contribution in [0.15, 0.2) is 53.0 Å². The molecule has 118 valence electrons. The summed E-state index contributed by atoms with van der Waals surface area (Å²) >= 11 is 8.80. The molecule has 2 aromatic carbocycles. The molecule has 0 saturated carbocycles. The first-order valence-electron chi connectivity index (χ1n) is 6.98. The summed E-state index contributed by atoms with van der Waals surface area (Å²) in [7, 11) is 1.66. The third-order valence-electron chi connectivity index (χ3n) is 3.37. The van der Waals surface area contributed by atoms with E-state index in [0.29, 0.717) is 11.3 Å². The monoisotopic (exact) mass is 390 g/mol. The Kier molecular flexibility index (Phi) is 4.78. The largest absolute Gasteiger partial charge is 0.496 e. The van der Waals surface area contributed by atoms with Crippen molar-refractivity contribution in [1.82, 2.24) is 14.9 Å². The molecule has 23 heavy (non-hydrogen) atoms. The van der Waals surface area contributed by atoms with E-state index in [9.17, 15) is 0 Å². The van der Waals surface area contributed by atoms with Crippen molar-refractivity contribution in [3.63, 3.8) is 0 Å². The number of benzene rings is 2. The predicted octanol–water partition coefficient (Wildman–Crippen LogP) is 4.12. The Bertz CT molecular complexity index is 860. The third kappa shape index (κ3) is 3.46. The molecule has 0 aliphatic carbocycles. The van der Waals surface area contributed by atoms with Crippen LogP contribution in [-0.4, -0.2) is 22.0 Å². The minimum Gasteiger partial charge on any atom is -0.496 e. The highest BCUT2D eigenvalue weighted by Crippen LogP contribution is 2.23. The number of hydrogen-bond acceptors (Lipinski definition) is 4. The quantitative estimate of drug-likeness (QED) is 0.643. The van der Waals surface area contributed by atoms with E-state index in [2.05, 4.69) is 31.6 Å². The van der Waals surface area contributed by atoms with E-state index in [1.54, 1.807) is 11.8 Å². The molecule has 0 radical (unpaired) electrons. The van der Waals surface area contributed by atoms with Gasteiger partial charge in [-0.15, -0.1) is 0 Å². The van der Waals surface area contributed by atoms with Gasteiger partial charge in [0.05, 0.1) is 13.7 Å². The molecule has 0 unspecified atom stereocenters. The van der Waals surface area contributed by atoms with Crippen molar-refractivity contribution in [3.05, 3.63) is 63.3 Å². The summed E-state index contributed by atoms with van der Waals surface area (Å²) in [6, 6.07) is 15.8. The van der Waals surface area contributed by atoms with Crippen molar-refractivity contribution in [2.45, 2.75) is 6.54 Å². The molecule has 0 amide bonds. The number of ether oxygens (including phenoxy) is 1. The molecule has 5 nitrogen and oxygen atoms in total. The highest BCUT2D eigenvalue weighted by molar-refractivity contribution is 9.10. The topological polar surface area (TPSA) is 54.9 Å². The molecule has 0 aliphatic heterocycles. The smallest absolute Gasteiger partial charge is 0.214 e. The van der Waals surface area contributed by atoms with Gasteiger partial charge in [-0.2, -0.15) is 5.10 Å². The zero-order chi connectivity index (χ0) is 16.2. The van der Waals surface area contributed by atoms with E-state index in [-0.39, 0.29) is 0 Å². The molecule has 0 saturated heterocycles. The zero-order valence-electron chi connectivity index (χ0n) is 12.4. The van der Waals surface area contributed by atoms with Crippen molar-refractivity contribution in [2.75, 3.05) is 12.5 Å². The van der Waals surface area contributed by atoms with E-state index in [1.165, 1.54) is 0 Å².